The SMILES string of the molecule is CC(O)C(=O)OOC(=O)CCC(=O)OC(=O)C(C)O. The molecule has 108 valence electrons. The van der Waals surface area contributed by atoms with Gasteiger partial charge in [0.25, 0.3) is 0 Å². The summed E-state index contributed by atoms with van der Waals surface area (Å²) < 4.78 is 4.14. The van der Waals surface area contributed by atoms with Gasteiger partial charge in [-0.1, -0.05) is 0 Å². The van der Waals surface area contributed by atoms with E-state index in [0.717, 1.165) is 13.8 Å². The highest BCUT2D eigenvalue weighted by Gasteiger charge is 2.19. The summed E-state index contributed by atoms with van der Waals surface area (Å²) in [5, 5.41) is 17.4. The van der Waals surface area contributed by atoms with Crippen LogP contribution in [0.1, 0.15) is 26.7 Å². The van der Waals surface area contributed by atoms with Gasteiger partial charge in [0.15, 0.2) is 6.10 Å². The maximum absolute atomic E-state index is 11.0. The van der Waals surface area contributed by atoms with E-state index >= 15 is 0 Å². The molecule has 0 aliphatic heterocycles. The predicted molar refractivity (Wildman–Crippen MR) is 55.9 cm³/mol. The smallest absolute Gasteiger partial charge is 0.383 e. The van der Waals surface area contributed by atoms with Crippen LogP contribution in [0.3, 0.4) is 0 Å². The Morgan fingerprint density at radius 1 is 0.842 bits per heavy atom. The van der Waals surface area contributed by atoms with Crippen molar-refractivity contribution in [1.82, 2.24) is 0 Å². The van der Waals surface area contributed by atoms with E-state index in [1.54, 1.807) is 0 Å². The summed E-state index contributed by atoms with van der Waals surface area (Å²) in [4.78, 5) is 51.3. The van der Waals surface area contributed by atoms with Crippen molar-refractivity contribution >= 4 is 23.9 Å². The lowest BCUT2D eigenvalue weighted by molar-refractivity contribution is -0.264. The van der Waals surface area contributed by atoms with Crippen molar-refractivity contribution in [3.05, 3.63) is 0 Å². The predicted octanol–water partition coefficient (Wildman–Crippen LogP) is -1.40. The molecule has 19 heavy (non-hydrogen) atoms. The molecule has 0 saturated heterocycles. The van der Waals surface area contributed by atoms with E-state index in [4.69, 9.17) is 10.2 Å². The molecule has 0 aliphatic carbocycles. The molecule has 0 spiro atoms. The first-order chi connectivity index (χ1) is 8.73. The maximum atomic E-state index is 11.0. The van der Waals surface area contributed by atoms with E-state index in [0.29, 0.717) is 0 Å². The largest absolute Gasteiger partial charge is 0.391 e. The van der Waals surface area contributed by atoms with Crippen molar-refractivity contribution in [3.8, 4) is 0 Å². The minimum atomic E-state index is -1.46. The number of carbonyl (C=O) groups is 4. The molecule has 0 bridgehead atoms. The van der Waals surface area contributed by atoms with E-state index in [1.165, 1.54) is 0 Å². The minimum Gasteiger partial charge on any atom is -0.391 e. The second-order valence-corrected chi connectivity index (χ2v) is 3.50. The molecule has 0 aromatic carbocycles. The van der Waals surface area contributed by atoms with Gasteiger partial charge in [-0.05, 0) is 13.8 Å². The van der Waals surface area contributed by atoms with Crippen molar-refractivity contribution in [3.63, 3.8) is 0 Å². The van der Waals surface area contributed by atoms with Gasteiger partial charge in [0, 0.05) is 0 Å². The minimum absolute atomic E-state index is 0.497. The van der Waals surface area contributed by atoms with Gasteiger partial charge in [0.2, 0.25) is 0 Å². The zero-order valence-corrected chi connectivity index (χ0v) is 10.3. The highest BCUT2D eigenvalue weighted by atomic mass is 17.2. The zero-order chi connectivity index (χ0) is 15.0. The Bertz CT molecular complexity index is 358. The Labute approximate surface area is 108 Å². The monoisotopic (exact) mass is 278 g/mol. The molecule has 0 heterocycles. The lowest BCUT2D eigenvalue weighted by Gasteiger charge is -2.05. The first kappa shape index (κ1) is 17.0. The van der Waals surface area contributed by atoms with Crippen LogP contribution in [0.15, 0.2) is 0 Å². The van der Waals surface area contributed by atoms with E-state index in [9.17, 15) is 19.2 Å². The third-order valence-electron chi connectivity index (χ3n) is 1.65. The van der Waals surface area contributed by atoms with Gasteiger partial charge < -0.3 is 14.9 Å². The fourth-order valence-corrected chi connectivity index (χ4v) is 0.651. The Morgan fingerprint density at radius 2 is 1.32 bits per heavy atom. The standard InChI is InChI=1S/C10H14O9/c1-5(11)9(15)17-7(13)3-4-8(14)18-19-10(16)6(2)12/h5-6,11-12H,3-4H2,1-2H3. The third kappa shape index (κ3) is 7.84. The van der Waals surface area contributed by atoms with Gasteiger partial charge in [0.1, 0.15) is 6.10 Å². The van der Waals surface area contributed by atoms with Crippen molar-refractivity contribution in [1.29, 1.82) is 0 Å². The summed E-state index contributed by atoms with van der Waals surface area (Å²) in [5.74, 6) is -4.40. The second-order valence-electron chi connectivity index (χ2n) is 3.50. The summed E-state index contributed by atoms with van der Waals surface area (Å²) in [6.07, 6.45) is -3.91. The molecule has 0 aromatic rings. The zero-order valence-electron chi connectivity index (χ0n) is 10.3. The number of esters is 2. The molecule has 0 rings (SSSR count). The van der Waals surface area contributed by atoms with Crippen molar-refractivity contribution in [2.24, 2.45) is 0 Å². The molecule has 2 unspecified atom stereocenters. The molecule has 0 aliphatic rings. The molecule has 0 saturated carbocycles. The van der Waals surface area contributed by atoms with Gasteiger partial charge in [-0.25, -0.2) is 24.2 Å². The number of hydrogen-bond donors (Lipinski definition) is 2. The first-order valence-electron chi connectivity index (χ1n) is 5.26. The molecule has 9 heteroatoms. The fraction of sp³-hybridized carbons (Fsp3) is 0.600. The summed E-state index contributed by atoms with van der Waals surface area (Å²) in [7, 11) is 0. The lowest BCUT2D eigenvalue weighted by Crippen LogP contribution is -2.24. The van der Waals surface area contributed by atoms with Crippen LogP contribution in [0.2, 0.25) is 0 Å². The molecule has 0 radical (unpaired) electrons. The van der Waals surface area contributed by atoms with Crippen LogP contribution in [0.5, 0.6) is 0 Å². The molecule has 0 aromatic heterocycles. The topological polar surface area (TPSA) is 136 Å². The number of rotatable bonds is 5. The fourth-order valence-electron chi connectivity index (χ4n) is 0.651. The molecule has 0 amide bonds. The van der Waals surface area contributed by atoms with E-state index < -0.39 is 48.9 Å². The van der Waals surface area contributed by atoms with Crippen LogP contribution in [-0.2, 0) is 33.7 Å². The van der Waals surface area contributed by atoms with Gasteiger partial charge in [-0.3, -0.25) is 4.79 Å². The highest BCUT2D eigenvalue weighted by Crippen LogP contribution is 1.99. The maximum Gasteiger partial charge on any atom is 0.383 e. The van der Waals surface area contributed by atoms with Gasteiger partial charge in [-0.2, -0.15) is 0 Å². The second kappa shape index (κ2) is 8.16. The van der Waals surface area contributed by atoms with Crippen LogP contribution < -0.4 is 0 Å². The molecular weight excluding hydrogens is 264 g/mol. The van der Waals surface area contributed by atoms with E-state index in [-0.39, 0.29) is 0 Å². The lowest BCUT2D eigenvalue weighted by atomic mass is 10.3. The third-order valence-corrected chi connectivity index (χ3v) is 1.65. The van der Waals surface area contributed by atoms with Crippen molar-refractivity contribution in [2.45, 2.75) is 38.9 Å². The van der Waals surface area contributed by atoms with E-state index in [1.807, 2.05) is 0 Å². The Kier molecular flexibility index (Phi) is 7.30. The quantitative estimate of drug-likeness (QED) is 0.269. The van der Waals surface area contributed by atoms with E-state index in [2.05, 4.69) is 14.5 Å². The summed E-state index contributed by atoms with van der Waals surface area (Å²) in [5.41, 5.74) is 0. The van der Waals surface area contributed by atoms with Crippen LogP contribution >= 0.6 is 0 Å². The van der Waals surface area contributed by atoms with Crippen LogP contribution in [0.4, 0.5) is 0 Å². The summed E-state index contributed by atoms with van der Waals surface area (Å²) in [6, 6.07) is 0. The Morgan fingerprint density at radius 3 is 1.79 bits per heavy atom. The molecular formula is C10H14O9. The Balaban J connectivity index is 3.88. The average Bonchev–Trinajstić information content (AvgIpc) is 2.32. The van der Waals surface area contributed by atoms with Crippen molar-refractivity contribution < 1.29 is 43.9 Å². The molecule has 2 atom stereocenters. The summed E-state index contributed by atoms with van der Waals surface area (Å²) >= 11 is 0. The van der Waals surface area contributed by atoms with Gasteiger partial charge in [-0.15, -0.1) is 0 Å². The Hall–Kier alpha value is -2.00. The van der Waals surface area contributed by atoms with Crippen molar-refractivity contribution in [2.75, 3.05) is 0 Å². The number of aliphatic hydroxyl groups is 2. The average molecular weight is 278 g/mol. The molecule has 2 N–H and O–H groups in total. The first-order valence-corrected chi connectivity index (χ1v) is 5.26. The van der Waals surface area contributed by atoms with Gasteiger partial charge in [0.05, 0.1) is 12.8 Å². The van der Waals surface area contributed by atoms with Crippen LogP contribution in [0.25, 0.3) is 0 Å². The highest BCUT2D eigenvalue weighted by molar-refractivity contribution is 5.88. The summed E-state index contributed by atoms with van der Waals surface area (Å²) in [6.45, 7) is 2.22. The number of aliphatic hydroxyl groups excluding tert-OH is 2. The molecule has 0 fully saturated rings. The number of carbonyl (C=O) groups excluding carboxylic acids is 4. The number of ether oxygens (including phenoxy) is 1. The normalized spacial score (nSPS) is 13.1. The number of hydrogen-bond acceptors (Lipinski definition) is 9. The van der Waals surface area contributed by atoms with Crippen LogP contribution in [-0.4, -0.2) is 46.3 Å². The molecule has 9 nitrogen and oxygen atoms in total. The van der Waals surface area contributed by atoms with Gasteiger partial charge >= 0.3 is 23.9 Å². The van der Waals surface area contributed by atoms with Crippen LogP contribution in [0, 0.1) is 0 Å².